The van der Waals surface area contributed by atoms with Crippen LogP contribution in [0.25, 0.3) is 0 Å². The third-order valence-electron chi connectivity index (χ3n) is 3.63. The number of fused-ring (bicyclic) bond motifs is 1. The van der Waals surface area contributed by atoms with Gasteiger partial charge >= 0.3 is 5.97 Å². The number of benzene rings is 1. The molecule has 1 aromatic carbocycles. The Labute approximate surface area is 114 Å². The number of carboxylic acids is 1. The Morgan fingerprint density at radius 1 is 1.42 bits per heavy atom. The molecule has 1 aliphatic carbocycles. The van der Waals surface area contributed by atoms with Crippen LogP contribution in [0.4, 0.5) is 4.39 Å². The zero-order valence-corrected chi connectivity index (χ0v) is 10.8. The van der Waals surface area contributed by atoms with Crippen LogP contribution < -0.4 is 9.47 Å². The molecule has 1 saturated carbocycles. The third kappa shape index (κ3) is 2.02. The van der Waals surface area contributed by atoms with Crippen molar-refractivity contribution in [2.45, 2.75) is 24.7 Å². The van der Waals surface area contributed by atoms with E-state index >= 15 is 0 Å². The summed E-state index contributed by atoms with van der Waals surface area (Å²) in [6.07, 6.45) is 1.19. The summed E-state index contributed by atoms with van der Waals surface area (Å²) in [7, 11) is 0. The Balaban J connectivity index is 2.07. The Morgan fingerprint density at radius 2 is 2.11 bits per heavy atom. The number of carboxylic acid groups (broad SMARTS) is 1. The van der Waals surface area contributed by atoms with Gasteiger partial charge in [-0.25, -0.2) is 4.39 Å². The molecular formula is C13H12ClFO4. The summed E-state index contributed by atoms with van der Waals surface area (Å²) in [5.74, 6) is -0.933. The van der Waals surface area contributed by atoms with Crippen molar-refractivity contribution in [3.05, 3.63) is 22.5 Å². The zero-order valence-electron chi connectivity index (χ0n) is 10.0. The Hall–Kier alpha value is -1.49. The first kappa shape index (κ1) is 12.5. The highest BCUT2D eigenvalue weighted by Gasteiger charge is 2.49. The van der Waals surface area contributed by atoms with E-state index in [1.54, 1.807) is 0 Å². The highest BCUT2D eigenvalue weighted by molar-refractivity contribution is 6.32. The third-order valence-corrected chi connectivity index (χ3v) is 3.97. The van der Waals surface area contributed by atoms with Gasteiger partial charge in [0.15, 0.2) is 11.5 Å². The molecule has 102 valence electrons. The molecule has 0 radical (unpaired) electrons. The van der Waals surface area contributed by atoms with Gasteiger partial charge in [-0.1, -0.05) is 11.6 Å². The average molecular weight is 287 g/mol. The fraction of sp³-hybridized carbons (Fsp3) is 0.462. The first-order chi connectivity index (χ1) is 9.03. The normalized spacial score (nSPS) is 19.1. The summed E-state index contributed by atoms with van der Waals surface area (Å²) < 4.78 is 25.0. The van der Waals surface area contributed by atoms with Crippen LogP contribution in [-0.4, -0.2) is 24.3 Å². The SMILES string of the molecule is O=C(O)CC1(c2cc3c(c(Cl)c2F)OCCO3)CC1. The number of hydrogen-bond donors (Lipinski definition) is 1. The Kier molecular flexibility index (Phi) is 2.82. The van der Waals surface area contributed by atoms with Crippen molar-refractivity contribution >= 4 is 17.6 Å². The van der Waals surface area contributed by atoms with Gasteiger partial charge in [0.25, 0.3) is 0 Å². The molecule has 1 aromatic rings. The van der Waals surface area contributed by atoms with E-state index in [9.17, 15) is 9.18 Å². The number of halogens is 2. The monoisotopic (exact) mass is 286 g/mol. The van der Waals surface area contributed by atoms with Crippen LogP contribution in [0.3, 0.4) is 0 Å². The molecule has 0 aromatic heterocycles. The van der Waals surface area contributed by atoms with E-state index < -0.39 is 17.2 Å². The van der Waals surface area contributed by atoms with Crippen LogP contribution in [0.2, 0.25) is 5.02 Å². The standard InChI is InChI=1S/C13H12ClFO4/c14-10-11(15)7(13(1-2-13)6-9(16)17)5-8-12(10)19-4-3-18-8/h5H,1-4,6H2,(H,16,17). The number of aliphatic carboxylic acids is 1. The predicted molar refractivity (Wildman–Crippen MR) is 65.6 cm³/mol. The Bertz CT molecular complexity index is 554. The van der Waals surface area contributed by atoms with Crippen LogP contribution in [0.1, 0.15) is 24.8 Å². The average Bonchev–Trinajstić information content (AvgIpc) is 3.13. The van der Waals surface area contributed by atoms with Gasteiger partial charge in [0.05, 0.1) is 6.42 Å². The molecule has 1 N–H and O–H groups in total. The second-order valence-corrected chi connectivity index (χ2v) is 5.31. The lowest BCUT2D eigenvalue weighted by atomic mass is 9.91. The van der Waals surface area contributed by atoms with Gasteiger partial charge in [-0.15, -0.1) is 0 Å². The van der Waals surface area contributed by atoms with Crippen molar-refractivity contribution in [1.29, 1.82) is 0 Å². The van der Waals surface area contributed by atoms with E-state index in [0.29, 0.717) is 37.4 Å². The van der Waals surface area contributed by atoms with Gasteiger partial charge in [-0.2, -0.15) is 0 Å². The summed E-state index contributed by atoms with van der Waals surface area (Å²) in [6, 6.07) is 1.53. The predicted octanol–water partition coefficient (Wildman–Crippen LogP) is 2.76. The smallest absolute Gasteiger partial charge is 0.304 e. The molecule has 0 amide bonds. The van der Waals surface area contributed by atoms with Crippen LogP contribution in [-0.2, 0) is 10.2 Å². The van der Waals surface area contributed by atoms with E-state index in [4.69, 9.17) is 26.2 Å². The molecule has 1 aliphatic heterocycles. The van der Waals surface area contributed by atoms with Gasteiger partial charge in [0.1, 0.15) is 24.1 Å². The molecule has 3 rings (SSSR count). The van der Waals surface area contributed by atoms with Gasteiger partial charge in [0, 0.05) is 11.0 Å². The van der Waals surface area contributed by atoms with Gasteiger partial charge < -0.3 is 14.6 Å². The molecule has 19 heavy (non-hydrogen) atoms. The minimum Gasteiger partial charge on any atom is -0.486 e. The second-order valence-electron chi connectivity index (χ2n) is 4.93. The maximum Gasteiger partial charge on any atom is 0.304 e. The summed E-state index contributed by atoms with van der Waals surface area (Å²) in [5, 5.41) is 8.82. The molecule has 0 atom stereocenters. The summed E-state index contributed by atoms with van der Waals surface area (Å²) in [5.41, 5.74) is -0.320. The van der Waals surface area contributed by atoms with Gasteiger partial charge in [-0.3, -0.25) is 4.79 Å². The van der Waals surface area contributed by atoms with E-state index in [-0.39, 0.29) is 17.2 Å². The second kappa shape index (κ2) is 4.27. The molecule has 0 spiro atoms. The minimum absolute atomic E-state index is 0.0973. The van der Waals surface area contributed by atoms with Crippen molar-refractivity contribution in [1.82, 2.24) is 0 Å². The maximum atomic E-state index is 14.3. The molecular weight excluding hydrogens is 275 g/mol. The lowest BCUT2D eigenvalue weighted by Crippen LogP contribution is -2.19. The van der Waals surface area contributed by atoms with Gasteiger partial charge in [-0.05, 0) is 18.9 Å². The molecule has 2 aliphatic rings. The van der Waals surface area contributed by atoms with Crippen molar-refractivity contribution in [3.8, 4) is 11.5 Å². The molecule has 4 nitrogen and oxygen atoms in total. The Morgan fingerprint density at radius 3 is 2.74 bits per heavy atom. The topological polar surface area (TPSA) is 55.8 Å². The van der Waals surface area contributed by atoms with Crippen LogP contribution in [0.15, 0.2) is 6.07 Å². The van der Waals surface area contributed by atoms with E-state index in [0.717, 1.165) is 0 Å². The maximum absolute atomic E-state index is 14.3. The largest absolute Gasteiger partial charge is 0.486 e. The minimum atomic E-state index is -0.942. The number of hydrogen-bond acceptors (Lipinski definition) is 3. The zero-order chi connectivity index (χ0) is 13.6. The van der Waals surface area contributed by atoms with Crippen LogP contribution in [0, 0.1) is 5.82 Å². The number of carbonyl (C=O) groups is 1. The highest BCUT2D eigenvalue weighted by atomic mass is 35.5. The quantitative estimate of drug-likeness (QED) is 0.928. The molecule has 1 heterocycles. The first-order valence-electron chi connectivity index (χ1n) is 6.03. The summed E-state index contributed by atoms with van der Waals surface area (Å²) >= 11 is 5.96. The van der Waals surface area contributed by atoms with Gasteiger partial charge in [0.2, 0.25) is 0 Å². The molecule has 1 fully saturated rings. The number of rotatable bonds is 3. The lowest BCUT2D eigenvalue weighted by molar-refractivity contribution is -0.137. The fourth-order valence-electron chi connectivity index (χ4n) is 2.49. The first-order valence-corrected chi connectivity index (χ1v) is 6.41. The fourth-order valence-corrected chi connectivity index (χ4v) is 2.74. The van der Waals surface area contributed by atoms with Crippen LogP contribution in [0.5, 0.6) is 11.5 Å². The van der Waals surface area contributed by atoms with E-state index in [1.165, 1.54) is 6.07 Å². The van der Waals surface area contributed by atoms with Crippen molar-refractivity contribution in [2.75, 3.05) is 13.2 Å². The highest BCUT2D eigenvalue weighted by Crippen LogP contribution is 2.55. The molecule has 6 heteroatoms. The van der Waals surface area contributed by atoms with Crippen molar-refractivity contribution < 1.29 is 23.8 Å². The van der Waals surface area contributed by atoms with Crippen molar-refractivity contribution in [3.63, 3.8) is 0 Å². The van der Waals surface area contributed by atoms with E-state index in [2.05, 4.69) is 0 Å². The molecule has 0 saturated heterocycles. The number of ether oxygens (including phenoxy) is 2. The molecule has 0 unspecified atom stereocenters. The van der Waals surface area contributed by atoms with E-state index in [1.807, 2.05) is 0 Å². The van der Waals surface area contributed by atoms with Crippen molar-refractivity contribution in [2.24, 2.45) is 0 Å². The summed E-state index contributed by atoms with van der Waals surface area (Å²) in [4.78, 5) is 10.9. The molecule has 0 bridgehead atoms. The van der Waals surface area contributed by atoms with Crippen LogP contribution >= 0.6 is 11.6 Å². The summed E-state index contributed by atoms with van der Waals surface area (Å²) in [6.45, 7) is 0.701. The lowest BCUT2D eigenvalue weighted by Gasteiger charge is -2.23.